The lowest BCUT2D eigenvalue weighted by Crippen LogP contribution is -1.81. The van der Waals surface area contributed by atoms with Crippen LogP contribution in [-0.4, -0.2) is 29.7 Å². The lowest BCUT2D eigenvalue weighted by atomic mass is 11.5. The topological polar surface area (TPSA) is 115 Å². The van der Waals surface area contributed by atoms with Gasteiger partial charge in [0, 0.05) is 0 Å². The van der Waals surface area contributed by atoms with Gasteiger partial charge in [0.15, 0.2) is 0 Å². The second-order valence-electron chi connectivity index (χ2n) is 0.513. The molecule has 0 aromatic rings. The third-order valence-corrected chi connectivity index (χ3v) is 0. The Morgan fingerprint density at radius 2 is 1.22 bits per heavy atom. The molecular weight excluding hydrogens is 172 g/mol. The van der Waals surface area contributed by atoms with Gasteiger partial charge in [-0.05, 0) is 0 Å². The zero-order valence-corrected chi connectivity index (χ0v) is 5.83. The van der Waals surface area contributed by atoms with Gasteiger partial charge in [-0.3, -0.25) is 9.11 Å². The predicted molar refractivity (Wildman–Crippen MR) is 34.4 cm³/mol. The van der Waals surface area contributed by atoms with Gasteiger partial charge in [-0.2, -0.15) is 17.7 Å². The molecule has 0 rings (SSSR count). The van der Waals surface area contributed by atoms with Crippen LogP contribution in [0.15, 0.2) is 0 Å². The van der Waals surface area contributed by atoms with E-state index in [0.717, 1.165) is 0 Å². The summed E-state index contributed by atoms with van der Waals surface area (Å²) in [6.45, 7) is 0. The summed E-state index contributed by atoms with van der Waals surface area (Å²) in [5.41, 5.74) is 0. The molecule has 0 atom stereocenters. The summed E-state index contributed by atoms with van der Waals surface area (Å²) in [7, 11) is 0. The summed E-state index contributed by atoms with van der Waals surface area (Å²) >= 11 is -2.61. The molecule has 8 heteroatoms. The molecule has 0 radical (unpaired) electrons. The highest BCUT2D eigenvalue weighted by Crippen LogP contribution is 1.44. The van der Waals surface area contributed by atoms with Gasteiger partial charge >= 0.3 is 6.16 Å². The Bertz CT molecular complexity index is 69.1. The first-order valence-corrected chi connectivity index (χ1v) is 2.25. The third kappa shape index (κ3) is 2590. The lowest BCUT2D eigenvalue weighted by molar-refractivity contribution is 0.137. The number of rotatable bonds is 0. The summed E-state index contributed by atoms with van der Waals surface area (Å²) in [4.78, 5) is 8.56. The van der Waals surface area contributed by atoms with Crippen LogP contribution < -0.4 is 0 Å². The summed E-state index contributed by atoms with van der Waals surface area (Å²) in [6.07, 6.45) is -1.83. The van der Waals surface area contributed by atoms with Crippen molar-refractivity contribution in [2.24, 2.45) is 0 Å². The second-order valence-corrected chi connectivity index (χ2v) is 0.975. The van der Waals surface area contributed by atoms with E-state index in [9.17, 15) is 0 Å². The Labute approximate surface area is 60.1 Å². The van der Waals surface area contributed by atoms with E-state index < -0.39 is 17.5 Å². The van der Waals surface area contributed by atoms with Crippen LogP contribution in [0.4, 0.5) is 4.79 Å². The number of hydrogen-bond donors (Lipinski definition) is 4. The fourth-order valence-corrected chi connectivity index (χ4v) is 0. The number of carbonyl (C=O) groups is 1. The largest absolute Gasteiger partial charge is 0.503 e. The maximum Gasteiger partial charge on any atom is 0.503 e. The van der Waals surface area contributed by atoms with Gasteiger partial charge < -0.3 is 10.2 Å². The highest BCUT2D eigenvalue weighted by atomic mass is 32.2. The summed E-state index contributed by atoms with van der Waals surface area (Å²) in [5, 5.41) is 13.9. The summed E-state index contributed by atoms with van der Waals surface area (Å²) < 4.78 is 22.8. The van der Waals surface area contributed by atoms with E-state index in [1.54, 1.807) is 0 Å². The van der Waals surface area contributed by atoms with Crippen molar-refractivity contribution in [2.45, 2.75) is 0 Å². The highest BCUT2D eigenvalue weighted by molar-refractivity contribution is 7.73. The van der Waals surface area contributed by atoms with Crippen LogP contribution in [0.1, 0.15) is 0 Å². The van der Waals surface area contributed by atoms with Crippen molar-refractivity contribution in [2.75, 3.05) is 0 Å². The van der Waals surface area contributed by atoms with Crippen molar-refractivity contribution < 1.29 is 28.3 Å². The van der Waals surface area contributed by atoms with E-state index in [0.29, 0.717) is 0 Å². The van der Waals surface area contributed by atoms with E-state index in [1.165, 1.54) is 0 Å². The fourth-order valence-electron chi connectivity index (χ4n) is 0. The molecular formula is CH6O6S2. The quantitative estimate of drug-likeness (QED) is 0.388. The van der Waals surface area contributed by atoms with Crippen molar-refractivity contribution in [3.05, 3.63) is 0 Å². The first-order chi connectivity index (χ1) is 3.46. The average molecular weight is 178 g/mol. The zero-order valence-electron chi connectivity index (χ0n) is 4.01. The normalized spacial score (nSPS) is 6.56. The van der Waals surface area contributed by atoms with Gasteiger partial charge in [0.25, 0.3) is 11.4 Å². The molecule has 0 aliphatic carbocycles. The second kappa shape index (κ2) is 10.6. The van der Waals surface area contributed by atoms with E-state index in [-0.39, 0.29) is 13.5 Å². The minimum Gasteiger partial charge on any atom is -0.450 e. The first-order valence-electron chi connectivity index (χ1n) is 1.18. The van der Waals surface area contributed by atoms with Crippen molar-refractivity contribution in [3.63, 3.8) is 0 Å². The molecule has 0 spiro atoms. The monoisotopic (exact) mass is 178 g/mol. The van der Waals surface area contributed by atoms with E-state index in [4.69, 9.17) is 28.3 Å². The zero-order chi connectivity index (χ0) is 7.15. The molecule has 9 heavy (non-hydrogen) atoms. The molecule has 58 valence electrons. The van der Waals surface area contributed by atoms with Crippen molar-refractivity contribution in [1.82, 2.24) is 0 Å². The van der Waals surface area contributed by atoms with Crippen LogP contribution in [0.3, 0.4) is 0 Å². The molecule has 0 saturated carbocycles. The van der Waals surface area contributed by atoms with Crippen LogP contribution in [0.25, 0.3) is 0 Å². The molecule has 0 saturated heterocycles. The lowest BCUT2D eigenvalue weighted by Gasteiger charge is -1.60. The highest BCUT2D eigenvalue weighted by Gasteiger charge is 1.70. The predicted octanol–water partition coefficient (Wildman–Crippen LogP) is 0.0163. The van der Waals surface area contributed by atoms with E-state index in [2.05, 4.69) is 0 Å². The molecule has 0 bridgehead atoms. The van der Waals surface area contributed by atoms with Gasteiger partial charge in [-0.15, -0.1) is 0 Å². The Kier molecular flexibility index (Phi) is 18.7. The Morgan fingerprint density at radius 1 is 1.22 bits per heavy atom. The minimum atomic E-state index is -2.61. The Hall–Kier alpha value is -0.310. The van der Waals surface area contributed by atoms with Crippen LogP contribution in [-0.2, 0) is 11.4 Å². The van der Waals surface area contributed by atoms with Gasteiger partial charge in [0.1, 0.15) is 0 Å². The molecule has 0 heterocycles. The van der Waals surface area contributed by atoms with E-state index >= 15 is 0 Å². The molecule has 0 aliphatic rings. The molecule has 6 nitrogen and oxygen atoms in total. The number of carboxylic acid groups (broad SMARTS) is 2. The SMILES string of the molecule is O=C(O)O.O=S(O)O.S. The molecule has 0 unspecified atom stereocenters. The Morgan fingerprint density at radius 3 is 1.22 bits per heavy atom. The summed E-state index contributed by atoms with van der Waals surface area (Å²) in [6, 6.07) is 0. The summed E-state index contributed by atoms with van der Waals surface area (Å²) in [5.74, 6) is 0. The smallest absolute Gasteiger partial charge is 0.450 e. The molecule has 0 aliphatic heterocycles. The van der Waals surface area contributed by atoms with Crippen LogP contribution >= 0.6 is 13.5 Å². The van der Waals surface area contributed by atoms with Crippen molar-refractivity contribution >= 4 is 31.0 Å². The first kappa shape index (κ1) is 15.9. The van der Waals surface area contributed by atoms with Crippen LogP contribution in [0.5, 0.6) is 0 Å². The maximum absolute atomic E-state index is 8.67. The minimum absolute atomic E-state index is 0. The molecule has 0 aromatic heterocycles. The van der Waals surface area contributed by atoms with Gasteiger partial charge in [-0.1, -0.05) is 0 Å². The van der Waals surface area contributed by atoms with Crippen LogP contribution in [0, 0.1) is 0 Å². The van der Waals surface area contributed by atoms with Gasteiger partial charge in [-0.25, -0.2) is 4.79 Å². The average Bonchev–Trinajstić information content (AvgIpc) is 1.25. The standard InChI is InChI=1S/CH2O3.H2O3S.H2S/c2-1(3)4;1-4(2)3;/h(H2,2,3,4);(H2,1,2,3);1H2. The Balaban J connectivity index is -0.0000000720. The molecule has 0 aromatic carbocycles. The molecule has 4 N–H and O–H groups in total. The van der Waals surface area contributed by atoms with Crippen molar-refractivity contribution in [3.8, 4) is 0 Å². The molecule has 0 amide bonds. The van der Waals surface area contributed by atoms with E-state index in [1.807, 2.05) is 0 Å². The third-order valence-electron chi connectivity index (χ3n) is 0. The number of hydrogen-bond acceptors (Lipinski definition) is 2. The molecule has 0 fully saturated rings. The van der Waals surface area contributed by atoms with Crippen LogP contribution in [0.2, 0.25) is 0 Å². The fraction of sp³-hybridized carbons (Fsp3) is 0. The van der Waals surface area contributed by atoms with Crippen molar-refractivity contribution in [1.29, 1.82) is 0 Å². The van der Waals surface area contributed by atoms with Gasteiger partial charge in [0.05, 0.1) is 0 Å². The van der Waals surface area contributed by atoms with Gasteiger partial charge in [0.2, 0.25) is 0 Å². The maximum atomic E-state index is 8.67.